The van der Waals surface area contributed by atoms with E-state index in [4.69, 9.17) is 0 Å². The van der Waals surface area contributed by atoms with E-state index in [1.54, 1.807) is 0 Å². The smallest absolute Gasteiger partial charge is 0.325 e. The number of H-pyrrole nitrogens is 1. The van der Waals surface area contributed by atoms with Crippen molar-refractivity contribution in [2.75, 3.05) is 6.54 Å². The Kier molecular flexibility index (Phi) is 4.56. The highest BCUT2D eigenvalue weighted by atomic mass is 16.2. The second kappa shape index (κ2) is 6.92. The number of hydrogen-bond acceptors (Lipinski definition) is 4. The van der Waals surface area contributed by atoms with Gasteiger partial charge in [-0.25, -0.2) is 9.78 Å². The maximum Gasteiger partial charge on any atom is 0.325 e. The van der Waals surface area contributed by atoms with Gasteiger partial charge in [0.2, 0.25) is 5.91 Å². The fourth-order valence-electron chi connectivity index (χ4n) is 4.09. The van der Waals surface area contributed by atoms with Crippen LogP contribution in [0.2, 0.25) is 0 Å². The summed E-state index contributed by atoms with van der Waals surface area (Å²) in [6.45, 7) is 3.68. The van der Waals surface area contributed by atoms with Gasteiger partial charge in [-0.1, -0.05) is 19.1 Å². The zero-order valence-corrected chi connectivity index (χ0v) is 16.1. The molecule has 8 heteroatoms. The van der Waals surface area contributed by atoms with Gasteiger partial charge >= 0.3 is 6.03 Å². The van der Waals surface area contributed by atoms with Crippen LogP contribution in [0.5, 0.6) is 0 Å². The Morgan fingerprint density at radius 3 is 2.75 bits per heavy atom. The van der Waals surface area contributed by atoms with Gasteiger partial charge < -0.3 is 15.6 Å². The predicted molar refractivity (Wildman–Crippen MR) is 103 cm³/mol. The number of imidazole rings is 1. The van der Waals surface area contributed by atoms with Crippen molar-refractivity contribution >= 4 is 28.9 Å². The van der Waals surface area contributed by atoms with Gasteiger partial charge in [-0.2, -0.15) is 0 Å². The average molecular weight is 383 g/mol. The van der Waals surface area contributed by atoms with Gasteiger partial charge in [0.1, 0.15) is 17.9 Å². The molecule has 1 aromatic heterocycles. The largest absolute Gasteiger partial charge is 0.345 e. The molecule has 3 N–H and O–H groups in total. The number of hydrogen-bond donors (Lipinski definition) is 3. The van der Waals surface area contributed by atoms with Crippen LogP contribution in [-0.2, 0) is 9.59 Å². The summed E-state index contributed by atoms with van der Waals surface area (Å²) in [6, 6.07) is 6.76. The molecule has 2 fully saturated rings. The third kappa shape index (κ3) is 3.23. The van der Waals surface area contributed by atoms with Crippen molar-refractivity contribution in [3.05, 3.63) is 30.1 Å². The molecule has 1 aromatic carbocycles. The Morgan fingerprint density at radius 2 is 2.04 bits per heavy atom. The highest BCUT2D eigenvalue weighted by molar-refractivity contribution is 6.09. The van der Waals surface area contributed by atoms with Crippen LogP contribution in [-0.4, -0.2) is 44.8 Å². The summed E-state index contributed by atoms with van der Waals surface area (Å²) < 4.78 is 0. The van der Waals surface area contributed by atoms with Crippen LogP contribution in [0.25, 0.3) is 11.0 Å². The summed E-state index contributed by atoms with van der Waals surface area (Å²) in [4.78, 5) is 46.4. The van der Waals surface area contributed by atoms with Gasteiger partial charge in [-0.15, -0.1) is 0 Å². The predicted octanol–water partition coefficient (Wildman–Crippen LogP) is 2.24. The fraction of sp³-hybridized carbons (Fsp3) is 0.500. The first-order chi connectivity index (χ1) is 13.4. The summed E-state index contributed by atoms with van der Waals surface area (Å²) in [5, 5.41) is 5.65. The lowest BCUT2D eigenvalue weighted by molar-refractivity contribution is -0.136. The van der Waals surface area contributed by atoms with Crippen molar-refractivity contribution in [1.29, 1.82) is 0 Å². The SMILES string of the molecule is CC1CCC2(CC1)NC(=O)N(CC(=O)N[C@H](C)c1nc3ccccc3[nH]1)C2=O. The van der Waals surface area contributed by atoms with E-state index in [-0.39, 0.29) is 18.5 Å². The number of imide groups is 1. The lowest BCUT2D eigenvalue weighted by Crippen LogP contribution is -2.50. The summed E-state index contributed by atoms with van der Waals surface area (Å²) >= 11 is 0. The number of benzene rings is 1. The lowest BCUT2D eigenvalue weighted by Gasteiger charge is -2.33. The molecule has 1 spiro atoms. The van der Waals surface area contributed by atoms with Gasteiger partial charge in [0, 0.05) is 0 Å². The first-order valence-corrected chi connectivity index (χ1v) is 9.76. The number of carbonyl (C=O) groups excluding carboxylic acids is 3. The Bertz CT molecular complexity index is 896. The third-order valence-corrected chi connectivity index (χ3v) is 5.87. The molecule has 4 rings (SSSR count). The molecule has 2 aliphatic rings. The van der Waals surface area contributed by atoms with Crippen molar-refractivity contribution in [2.45, 2.75) is 51.1 Å². The molecule has 0 radical (unpaired) electrons. The molecule has 28 heavy (non-hydrogen) atoms. The number of aromatic amines is 1. The van der Waals surface area contributed by atoms with Gasteiger partial charge in [0.25, 0.3) is 5.91 Å². The fourth-order valence-corrected chi connectivity index (χ4v) is 4.09. The molecular formula is C20H25N5O3. The topological polar surface area (TPSA) is 107 Å². The maximum absolute atomic E-state index is 12.9. The van der Waals surface area contributed by atoms with Gasteiger partial charge in [-0.05, 0) is 50.7 Å². The number of amides is 4. The molecular weight excluding hydrogens is 358 g/mol. The molecule has 1 atom stereocenters. The van der Waals surface area contributed by atoms with Crippen molar-refractivity contribution in [2.24, 2.45) is 5.92 Å². The number of nitrogens with zero attached hydrogens (tertiary/aromatic N) is 2. The van der Waals surface area contributed by atoms with Gasteiger partial charge in [0.05, 0.1) is 17.1 Å². The first kappa shape index (κ1) is 18.5. The minimum absolute atomic E-state index is 0.282. The number of carbonyl (C=O) groups is 3. The second-order valence-corrected chi connectivity index (χ2v) is 8.01. The van der Waals surface area contributed by atoms with E-state index in [2.05, 4.69) is 27.5 Å². The highest BCUT2D eigenvalue weighted by Gasteiger charge is 2.52. The summed E-state index contributed by atoms with van der Waals surface area (Å²) in [5.74, 6) is 0.510. The Labute approximate surface area is 163 Å². The van der Waals surface area contributed by atoms with E-state index in [0.717, 1.165) is 28.8 Å². The van der Waals surface area contributed by atoms with Crippen LogP contribution >= 0.6 is 0 Å². The standard InChI is InChI=1S/C20H25N5O3/c1-12-7-9-20(10-8-12)18(27)25(19(28)24-20)11-16(26)21-13(2)17-22-14-5-3-4-6-15(14)23-17/h3-6,12-13H,7-11H2,1-2H3,(H,21,26)(H,22,23)(H,24,28)/t12?,13-,20?/m1/s1. The van der Waals surface area contributed by atoms with Crippen LogP contribution in [0, 0.1) is 5.92 Å². The first-order valence-electron chi connectivity index (χ1n) is 9.76. The molecule has 0 bridgehead atoms. The van der Waals surface area contributed by atoms with Crippen LogP contribution in [0.3, 0.4) is 0 Å². The maximum atomic E-state index is 12.9. The van der Waals surface area contributed by atoms with Crippen LogP contribution < -0.4 is 10.6 Å². The second-order valence-electron chi connectivity index (χ2n) is 8.01. The summed E-state index contributed by atoms with van der Waals surface area (Å²) in [5.41, 5.74) is 0.885. The summed E-state index contributed by atoms with van der Waals surface area (Å²) in [7, 11) is 0. The van der Waals surface area contributed by atoms with E-state index in [9.17, 15) is 14.4 Å². The molecule has 1 saturated heterocycles. The van der Waals surface area contributed by atoms with Crippen LogP contribution in [0.1, 0.15) is 51.4 Å². The number of para-hydroxylation sites is 2. The number of urea groups is 1. The zero-order valence-electron chi connectivity index (χ0n) is 16.1. The molecule has 1 aliphatic carbocycles. The van der Waals surface area contributed by atoms with Crippen molar-refractivity contribution < 1.29 is 14.4 Å². The van der Waals surface area contributed by atoms with E-state index in [0.29, 0.717) is 24.6 Å². The highest BCUT2D eigenvalue weighted by Crippen LogP contribution is 2.36. The van der Waals surface area contributed by atoms with E-state index < -0.39 is 17.5 Å². The molecule has 2 aromatic rings. The number of fused-ring (bicyclic) bond motifs is 1. The van der Waals surface area contributed by atoms with Gasteiger partial charge in [-0.3, -0.25) is 14.5 Å². The van der Waals surface area contributed by atoms with Gasteiger partial charge in [0.15, 0.2) is 0 Å². The van der Waals surface area contributed by atoms with Crippen LogP contribution in [0.4, 0.5) is 4.79 Å². The molecule has 1 saturated carbocycles. The summed E-state index contributed by atoms with van der Waals surface area (Å²) in [6.07, 6.45) is 3.06. The quantitative estimate of drug-likeness (QED) is 0.704. The number of nitrogens with one attached hydrogen (secondary N) is 3. The minimum Gasteiger partial charge on any atom is -0.345 e. The lowest BCUT2D eigenvalue weighted by atomic mass is 9.77. The van der Waals surface area contributed by atoms with E-state index in [1.807, 2.05) is 31.2 Å². The van der Waals surface area contributed by atoms with E-state index in [1.165, 1.54) is 0 Å². The third-order valence-electron chi connectivity index (χ3n) is 5.87. The Hall–Kier alpha value is -2.90. The zero-order chi connectivity index (χ0) is 19.9. The minimum atomic E-state index is -0.825. The number of rotatable bonds is 4. The molecule has 4 amide bonds. The molecule has 0 unspecified atom stereocenters. The number of aromatic nitrogens is 2. The van der Waals surface area contributed by atoms with E-state index >= 15 is 0 Å². The van der Waals surface area contributed by atoms with Crippen molar-refractivity contribution in [3.63, 3.8) is 0 Å². The average Bonchev–Trinajstić information content (AvgIpc) is 3.20. The van der Waals surface area contributed by atoms with Crippen molar-refractivity contribution in [3.8, 4) is 0 Å². The van der Waals surface area contributed by atoms with Crippen LogP contribution in [0.15, 0.2) is 24.3 Å². The molecule has 2 heterocycles. The molecule has 1 aliphatic heterocycles. The Morgan fingerprint density at radius 1 is 1.32 bits per heavy atom. The molecule has 8 nitrogen and oxygen atoms in total. The Balaban J connectivity index is 1.40. The normalized spacial score (nSPS) is 25.9. The monoisotopic (exact) mass is 383 g/mol. The van der Waals surface area contributed by atoms with Crippen molar-refractivity contribution in [1.82, 2.24) is 25.5 Å². The molecule has 148 valence electrons.